The normalized spacial score (nSPS) is 30.1. The second kappa shape index (κ2) is 5.70. The highest BCUT2D eigenvalue weighted by molar-refractivity contribution is 5.37. The lowest BCUT2D eigenvalue weighted by Gasteiger charge is -2.37. The molecule has 2 aliphatic rings. The average Bonchev–Trinajstić information content (AvgIpc) is 2.80. The molecule has 1 saturated heterocycles. The Labute approximate surface area is 119 Å². The van der Waals surface area contributed by atoms with Crippen molar-refractivity contribution in [2.45, 2.75) is 25.9 Å². The molecule has 4 heteroatoms. The summed E-state index contributed by atoms with van der Waals surface area (Å²) < 4.78 is 19.1. The lowest BCUT2D eigenvalue weighted by molar-refractivity contribution is 0.0887. The van der Waals surface area contributed by atoms with E-state index in [2.05, 4.69) is 11.8 Å². The van der Waals surface area contributed by atoms with Gasteiger partial charge in [-0.15, -0.1) is 0 Å². The van der Waals surface area contributed by atoms with Gasteiger partial charge in [-0.25, -0.2) is 4.39 Å². The Morgan fingerprint density at radius 1 is 1.45 bits per heavy atom. The van der Waals surface area contributed by atoms with Crippen LogP contribution in [-0.2, 0) is 6.42 Å². The number of piperidine rings is 1. The van der Waals surface area contributed by atoms with Crippen LogP contribution in [0.15, 0.2) is 18.2 Å². The van der Waals surface area contributed by atoms with E-state index in [9.17, 15) is 4.39 Å². The van der Waals surface area contributed by atoms with Crippen molar-refractivity contribution in [1.29, 1.82) is 0 Å². The van der Waals surface area contributed by atoms with E-state index >= 15 is 0 Å². The van der Waals surface area contributed by atoms with E-state index in [0.29, 0.717) is 11.8 Å². The number of rotatable bonds is 3. The van der Waals surface area contributed by atoms with Gasteiger partial charge in [0.05, 0.1) is 0 Å². The van der Waals surface area contributed by atoms with Gasteiger partial charge in [-0.2, -0.15) is 0 Å². The monoisotopic (exact) mass is 278 g/mol. The van der Waals surface area contributed by atoms with Crippen LogP contribution < -0.4 is 10.5 Å². The predicted octanol–water partition coefficient (Wildman–Crippen LogP) is 2.05. The van der Waals surface area contributed by atoms with Gasteiger partial charge in [0.1, 0.15) is 17.7 Å². The molecule has 2 aliphatic heterocycles. The van der Waals surface area contributed by atoms with Crippen molar-refractivity contribution < 1.29 is 9.13 Å². The first-order chi connectivity index (χ1) is 9.65. The van der Waals surface area contributed by atoms with Crippen molar-refractivity contribution in [3.05, 3.63) is 29.6 Å². The fraction of sp³-hybridized carbons (Fsp3) is 0.625. The number of likely N-dealkylation sites (tertiary alicyclic amines) is 1. The summed E-state index contributed by atoms with van der Waals surface area (Å²) >= 11 is 0. The van der Waals surface area contributed by atoms with Gasteiger partial charge in [0.15, 0.2) is 0 Å². The molecule has 3 atom stereocenters. The Morgan fingerprint density at radius 2 is 2.30 bits per heavy atom. The van der Waals surface area contributed by atoms with E-state index in [0.717, 1.165) is 43.9 Å². The van der Waals surface area contributed by atoms with Crippen LogP contribution in [0.5, 0.6) is 5.75 Å². The topological polar surface area (TPSA) is 38.5 Å². The Morgan fingerprint density at radius 3 is 3.05 bits per heavy atom. The van der Waals surface area contributed by atoms with Gasteiger partial charge >= 0.3 is 0 Å². The maximum absolute atomic E-state index is 13.2. The fourth-order valence-corrected chi connectivity index (χ4v) is 3.48. The molecule has 3 unspecified atom stereocenters. The van der Waals surface area contributed by atoms with Crippen LogP contribution in [0, 0.1) is 17.7 Å². The zero-order valence-corrected chi connectivity index (χ0v) is 12.0. The van der Waals surface area contributed by atoms with Gasteiger partial charge in [0.25, 0.3) is 0 Å². The number of halogens is 1. The summed E-state index contributed by atoms with van der Waals surface area (Å²) in [5, 5.41) is 0. The van der Waals surface area contributed by atoms with Crippen molar-refractivity contribution in [2.75, 3.05) is 26.2 Å². The molecule has 3 nitrogen and oxygen atoms in total. The molecule has 110 valence electrons. The van der Waals surface area contributed by atoms with Gasteiger partial charge in [0, 0.05) is 25.1 Å². The summed E-state index contributed by atoms with van der Waals surface area (Å²) in [4.78, 5) is 2.46. The highest BCUT2D eigenvalue weighted by Gasteiger charge is 2.29. The molecule has 3 rings (SSSR count). The molecule has 0 saturated carbocycles. The Bertz CT molecular complexity index is 480. The third kappa shape index (κ3) is 2.81. The zero-order chi connectivity index (χ0) is 14.1. The van der Waals surface area contributed by atoms with Gasteiger partial charge in [0.2, 0.25) is 0 Å². The van der Waals surface area contributed by atoms with Crippen LogP contribution in [0.2, 0.25) is 0 Å². The van der Waals surface area contributed by atoms with Crippen LogP contribution in [0.4, 0.5) is 4.39 Å². The number of ether oxygens (including phenoxy) is 1. The predicted molar refractivity (Wildman–Crippen MR) is 77.3 cm³/mol. The number of nitrogens with two attached hydrogens (primary N) is 1. The lowest BCUT2D eigenvalue weighted by atomic mass is 9.87. The van der Waals surface area contributed by atoms with Gasteiger partial charge in [-0.05, 0) is 49.5 Å². The summed E-state index contributed by atoms with van der Waals surface area (Å²) in [5.74, 6) is 1.98. The molecule has 0 radical (unpaired) electrons. The molecule has 0 aliphatic carbocycles. The summed E-state index contributed by atoms with van der Waals surface area (Å²) in [5.41, 5.74) is 6.80. The maximum atomic E-state index is 13.2. The van der Waals surface area contributed by atoms with Crippen molar-refractivity contribution in [2.24, 2.45) is 17.6 Å². The number of hydrogen-bond donors (Lipinski definition) is 1. The van der Waals surface area contributed by atoms with Crippen molar-refractivity contribution in [1.82, 2.24) is 4.90 Å². The molecular formula is C16H23FN2O. The van der Waals surface area contributed by atoms with E-state index in [1.807, 2.05) is 0 Å². The smallest absolute Gasteiger partial charge is 0.123 e. The molecule has 0 amide bonds. The number of fused-ring (bicyclic) bond motifs is 1. The summed E-state index contributed by atoms with van der Waals surface area (Å²) in [6.45, 7) is 6.18. The average molecular weight is 278 g/mol. The molecule has 0 aromatic heterocycles. The first kappa shape index (κ1) is 13.8. The summed E-state index contributed by atoms with van der Waals surface area (Å²) in [6, 6.07) is 4.81. The summed E-state index contributed by atoms with van der Waals surface area (Å²) in [6.07, 6.45) is 2.15. The summed E-state index contributed by atoms with van der Waals surface area (Å²) in [7, 11) is 0. The van der Waals surface area contributed by atoms with E-state index in [1.54, 1.807) is 12.1 Å². The van der Waals surface area contributed by atoms with Crippen LogP contribution >= 0.6 is 0 Å². The standard InChI is InChI=1S/C16H23FN2O/c1-11-9-19(5-4-12(11)8-18)10-15-7-13-6-14(17)2-3-16(13)20-15/h2-3,6,11-12,15H,4-5,7-10,18H2,1H3. The van der Waals surface area contributed by atoms with E-state index in [-0.39, 0.29) is 11.9 Å². The molecule has 2 heterocycles. The third-order valence-electron chi connectivity index (χ3n) is 4.70. The number of hydrogen-bond acceptors (Lipinski definition) is 3. The van der Waals surface area contributed by atoms with Crippen LogP contribution in [0.3, 0.4) is 0 Å². The first-order valence-corrected chi connectivity index (χ1v) is 7.53. The molecule has 0 spiro atoms. The molecule has 0 bridgehead atoms. The molecule has 2 N–H and O–H groups in total. The molecule has 20 heavy (non-hydrogen) atoms. The minimum atomic E-state index is -0.176. The van der Waals surface area contributed by atoms with Crippen molar-refractivity contribution >= 4 is 0 Å². The molecule has 1 fully saturated rings. The Hall–Kier alpha value is -1.13. The van der Waals surface area contributed by atoms with Crippen LogP contribution in [-0.4, -0.2) is 37.2 Å². The molecular weight excluding hydrogens is 255 g/mol. The van der Waals surface area contributed by atoms with E-state index < -0.39 is 0 Å². The van der Waals surface area contributed by atoms with Gasteiger partial charge in [-0.1, -0.05) is 6.92 Å². The van der Waals surface area contributed by atoms with E-state index in [1.165, 1.54) is 12.5 Å². The highest BCUT2D eigenvalue weighted by atomic mass is 19.1. The van der Waals surface area contributed by atoms with Crippen LogP contribution in [0.1, 0.15) is 18.9 Å². The third-order valence-corrected chi connectivity index (χ3v) is 4.70. The lowest BCUT2D eigenvalue weighted by Crippen LogP contribution is -2.45. The first-order valence-electron chi connectivity index (χ1n) is 7.53. The van der Waals surface area contributed by atoms with Gasteiger partial charge < -0.3 is 10.5 Å². The minimum absolute atomic E-state index is 0.161. The Kier molecular flexibility index (Phi) is 3.94. The Balaban J connectivity index is 1.56. The zero-order valence-electron chi connectivity index (χ0n) is 12.0. The van der Waals surface area contributed by atoms with E-state index in [4.69, 9.17) is 10.5 Å². The molecule has 1 aromatic carbocycles. The largest absolute Gasteiger partial charge is 0.488 e. The van der Waals surface area contributed by atoms with Crippen molar-refractivity contribution in [3.8, 4) is 5.75 Å². The minimum Gasteiger partial charge on any atom is -0.488 e. The SMILES string of the molecule is CC1CN(CC2Cc3cc(F)ccc3O2)CCC1CN. The second-order valence-corrected chi connectivity index (χ2v) is 6.22. The van der Waals surface area contributed by atoms with Gasteiger partial charge in [-0.3, -0.25) is 4.90 Å². The highest BCUT2D eigenvalue weighted by Crippen LogP contribution is 2.30. The number of benzene rings is 1. The fourth-order valence-electron chi connectivity index (χ4n) is 3.48. The number of nitrogens with zero attached hydrogens (tertiary/aromatic N) is 1. The second-order valence-electron chi connectivity index (χ2n) is 6.22. The van der Waals surface area contributed by atoms with Crippen LogP contribution in [0.25, 0.3) is 0 Å². The maximum Gasteiger partial charge on any atom is 0.123 e. The molecule has 1 aromatic rings. The van der Waals surface area contributed by atoms with Crippen molar-refractivity contribution in [3.63, 3.8) is 0 Å². The quantitative estimate of drug-likeness (QED) is 0.919.